The number of allylic oxidation sites excluding steroid dienone is 2. The molecule has 0 bridgehead atoms. The summed E-state index contributed by atoms with van der Waals surface area (Å²) >= 11 is 0. The highest BCUT2D eigenvalue weighted by molar-refractivity contribution is 5.66. The quantitative estimate of drug-likeness (QED) is 0.447. The molecule has 0 radical (unpaired) electrons. The maximum Gasteiger partial charge on any atom is 0.142 e. The minimum Gasteiger partial charge on any atom is -0.299 e. The first kappa shape index (κ1) is 8.51. The molecule has 0 amide bonds. The highest BCUT2D eigenvalue weighted by Gasteiger charge is 2.25. The summed E-state index contributed by atoms with van der Waals surface area (Å²) in [5.74, 6) is 1.43. The van der Waals surface area contributed by atoms with Gasteiger partial charge in [0.05, 0.1) is 0 Å². The van der Waals surface area contributed by atoms with Gasteiger partial charge < -0.3 is 0 Å². The van der Waals surface area contributed by atoms with Crippen molar-refractivity contribution in [3.63, 3.8) is 0 Å². The molecule has 1 nitrogen and oxygen atoms in total. The minimum atomic E-state index is 0.682. The second-order valence-corrected chi connectivity index (χ2v) is 3.75. The Morgan fingerprint density at radius 1 is 1.55 bits per heavy atom. The van der Waals surface area contributed by atoms with Crippen molar-refractivity contribution in [2.24, 2.45) is 11.8 Å². The van der Waals surface area contributed by atoms with E-state index in [1.807, 2.05) is 0 Å². The van der Waals surface area contributed by atoms with Gasteiger partial charge in [0.2, 0.25) is 0 Å². The van der Waals surface area contributed by atoms with Crippen molar-refractivity contribution in [1.82, 2.24) is 0 Å². The van der Waals surface area contributed by atoms with E-state index in [2.05, 4.69) is 13.8 Å². The molecule has 11 heavy (non-hydrogen) atoms. The third-order valence-corrected chi connectivity index (χ3v) is 2.03. The van der Waals surface area contributed by atoms with Crippen LogP contribution in [0.3, 0.4) is 0 Å². The van der Waals surface area contributed by atoms with Crippen molar-refractivity contribution >= 4 is 6.29 Å². The summed E-state index contributed by atoms with van der Waals surface area (Å²) < 4.78 is 0. The van der Waals surface area contributed by atoms with Crippen LogP contribution in [0.2, 0.25) is 0 Å². The molecule has 1 fully saturated rings. The Morgan fingerprint density at radius 2 is 2.18 bits per heavy atom. The van der Waals surface area contributed by atoms with Gasteiger partial charge in [0.25, 0.3) is 0 Å². The molecule has 0 atom stereocenters. The first-order valence-corrected chi connectivity index (χ1v) is 4.38. The van der Waals surface area contributed by atoms with Gasteiger partial charge in [0.1, 0.15) is 6.29 Å². The summed E-state index contributed by atoms with van der Waals surface area (Å²) in [5.41, 5.74) is 1.37. The molecular formula is C10H16O. The van der Waals surface area contributed by atoms with Gasteiger partial charge in [-0.2, -0.15) is 0 Å². The molecule has 1 heteroatoms. The SMILES string of the molecule is CC(C)C/C(=C\C=O)C1CC1. The predicted molar refractivity (Wildman–Crippen MR) is 46.3 cm³/mol. The lowest BCUT2D eigenvalue weighted by Crippen LogP contribution is -1.94. The zero-order valence-corrected chi connectivity index (χ0v) is 7.34. The number of aldehydes is 1. The summed E-state index contributed by atoms with van der Waals surface area (Å²) in [6.45, 7) is 4.39. The molecule has 0 saturated heterocycles. The smallest absolute Gasteiger partial charge is 0.142 e. The van der Waals surface area contributed by atoms with Crippen molar-refractivity contribution in [2.45, 2.75) is 33.1 Å². The fourth-order valence-electron chi connectivity index (χ4n) is 1.38. The second kappa shape index (κ2) is 3.70. The Hall–Kier alpha value is -0.590. The second-order valence-electron chi connectivity index (χ2n) is 3.75. The Labute approximate surface area is 68.5 Å². The fourth-order valence-corrected chi connectivity index (χ4v) is 1.38. The lowest BCUT2D eigenvalue weighted by atomic mass is 9.99. The number of carbonyl (C=O) groups is 1. The van der Waals surface area contributed by atoms with Crippen LogP contribution in [-0.4, -0.2) is 6.29 Å². The molecular weight excluding hydrogens is 136 g/mol. The van der Waals surface area contributed by atoms with Crippen LogP contribution in [0.25, 0.3) is 0 Å². The summed E-state index contributed by atoms with van der Waals surface area (Å²) in [7, 11) is 0. The van der Waals surface area contributed by atoms with Gasteiger partial charge in [-0.25, -0.2) is 0 Å². The molecule has 0 aromatic carbocycles. The van der Waals surface area contributed by atoms with Crippen LogP contribution in [0.4, 0.5) is 0 Å². The van der Waals surface area contributed by atoms with E-state index in [0.29, 0.717) is 5.92 Å². The molecule has 1 aliphatic carbocycles. The molecule has 0 N–H and O–H groups in total. The monoisotopic (exact) mass is 152 g/mol. The third kappa shape index (κ3) is 2.87. The van der Waals surface area contributed by atoms with E-state index in [-0.39, 0.29) is 0 Å². The summed E-state index contributed by atoms with van der Waals surface area (Å²) in [6, 6.07) is 0. The van der Waals surface area contributed by atoms with Gasteiger partial charge in [-0.1, -0.05) is 19.4 Å². The number of hydrogen-bond donors (Lipinski definition) is 0. The molecule has 0 spiro atoms. The molecule has 62 valence electrons. The molecule has 0 aromatic rings. The number of rotatable bonds is 4. The van der Waals surface area contributed by atoms with E-state index in [4.69, 9.17) is 0 Å². The zero-order valence-electron chi connectivity index (χ0n) is 7.34. The van der Waals surface area contributed by atoms with Crippen molar-refractivity contribution in [1.29, 1.82) is 0 Å². The van der Waals surface area contributed by atoms with Gasteiger partial charge in [0, 0.05) is 0 Å². The Kier molecular flexibility index (Phi) is 2.86. The molecule has 1 saturated carbocycles. The van der Waals surface area contributed by atoms with E-state index in [1.54, 1.807) is 6.08 Å². The number of hydrogen-bond acceptors (Lipinski definition) is 1. The van der Waals surface area contributed by atoms with E-state index in [0.717, 1.165) is 18.6 Å². The first-order chi connectivity index (χ1) is 5.24. The summed E-state index contributed by atoms with van der Waals surface area (Å²) in [4.78, 5) is 10.3. The topological polar surface area (TPSA) is 17.1 Å². The molecule has 0 aliphatic heterocycles. The van der Waals surface area contributed by atoms with E-state index in [9.17, 15) is 4.79 Å². The molecule has 1 rings (SSSR count). The highest BCUT2D eigenvalue weighted by Crippen LogP contribution is 2.38. The normalized spacial score (nSPS) is 19.0. The van der Waals surface area contributed by atoms with Crippen molar-refractivity contribution in [3.05, 3.63) is 11.6 Å². The summed E-state index contributed by atoms with van der Waals surface area (Å²) in [6.07, 6.45) is 6.38. The lowest BCUT2D eigenvalue weighted by molar-refractivity contribution is -0.104. The Balaban J connectivity index is 2.45. The van der Waals surface area contributed by atoms with Crippen molar-refractivity contribution in [2.75, 3.05) is 0 Å². The predicted octanol–water partition coefficient (Wildman–Crippen LogP) is 2.57. The number of carbonyl (C=O) groups excluding carboxylic acids is 1. The van der Waals surface area contributed by atoms with Crippen LogP contribution in [-0.2, 0) is 4.79 Å². The van der Waals surface area contributed by atoms with Crippen LogP contribution in [0.1, 0.15) is 33.1 Å². The standard InChI is InChI=1S/C10H16O/c1-8(2)7-10(5-6-11)9-3-4-9/h5-6,8-9H,3-4,7H2,1-2H3/b10-5+. The van der Waals surface area contributed by atoms with Crippen LogP contribution >= 0.6 is 0 Å². The van der Waals surface area contributed by atoms with Crippen molar-refractivity contribution in [3.8, 4) is 0 Å². The summed E-state index contributed by atoms with van der Waals surface area (Å²) in [5, 5.41) is 0. The van der Waals surface area contributed by atoms with E-state index in [1.165, 1.54) is 18.4 Å². The van der Waals surface area contributed by atoms with E-state index < -0.39 is 0 Å². The van der Waals surface area contributed by atoms with Gasteiger partial charge in [0.15, 0.2) is 0 Å². The zero-order chi connectivity index (χ0) is 8.27. The molecule has 0 unspecified atom stereocenters. The van der Waals surface area contributed by atoms with Gasteiger partial charge in [-0.15, -0.1) is 0 Å². The Morgan fingerprint density at radius 3 is 2.55 bits per heavy atom. The highest BCUT2D eigenvalue weighted by atomic mass is 16.1. The lowest BCUT2D eigenvalue weighted by Gasteiger charge is -2.06. The Bertz CT molecular complexity index is 164. The van der Waals surface area contributed by atoms with E-state index >= 15 is 0 Å². The van der Waals surface area contributed by atoms with Crippen LogP contribution in [0.15, 0.2) is 11.6 Å². The van der Waals surface area contributed by atoms with Crippen LogP contribution in [0.5, 0.6) is 0 Å². The first-order valence-electron chi connectivity index (χ1n) is 4.38. The van der Waals surface area contributed by atoms with Gasteiger partial charge in [-0.05, 0) is 37.2 Å². The third-order valence-electron chi connectivity index (χ3n) is 2.03. The van der Waals surface area contributed by atoms with Crippen LogP contribution < -0.4 is 0 Å². The van der Waals surface area contributed by atoms with Crippen molar-refractivity contribution < 1.29 is 4.79 Å². The van der Waals surface area contributed by atoms with Gasteiger partial charge >= 0.3 is 0 Å². The largest absolute Gasteiger partial charge is 0.299 e. The molecule has 0 aromatic heterocycles. The average Bonchev–Trinajstić information content (AvgIpc) is 2.66. The fraction of sp³-hybridized carbons (Fsp3) is 0.700. The average molecular weight is 152 g/mol. The maximum atomic E-state index is 10.3. The molecule has 0 heterocycles. The molecule has 1 aliphatic rings. The maximum absolute atomic E-state index is 10.3. The minimum absolute atomic E-state index is 0.682. The van der Waals surface area contributed by atoms with Gasteiger partial charge in [-0.3, -0.25) is 4.79 Å². The van der Waals surface area contributed by atoms with Crippen LogP contribution in [0, 0.1) is 11.8 Å².